The highest BCUT2D eigenvalue weighted by atomic mass is 16.6. The Bertz CT molecular complexity index is 144. The zero-order valence-electron chi connectivity index (χ0n) is 7.00. The number of rotatable bonds is 2. The van der Waals surface area contributed by atoms with Crippen molar-refractivity contribution >= 4 is 5.97 Å². The molecule has 1 saturated carbocycles. The van der Waals surface area contributed by atoms with Crippen molar-refractivity contribution in [3.63, 3.8) is 0 Å². The molecule has 1 aliphatic rings. The summed E-state index contributed by atoms with van der Waals surface area (Å²) in [6.07, 6.45) is 3.17. The molecule has 1 rings (SSSR count). The second kappa shape index (κ2) is 3.72. The highest BCUT2D eigenvalue weighted by Gasteiger charge is 2.29. The molecule has 3 nitrogen and oxygen atoms in total. The van der Waals surface area contributed by atoms with Crippen LogP contribution in [0.5, 0.6) is 0 Å². The molecule has 0 aliphatic heterocycles. The van der Waals surface area contributed by atoms with Gasteiger partial charge in [0.25, 0.3) is 0 Å². The first-order chi connectivity index (χ1) is 5.24. The molecule has 0 unspecified atom stereocenters. The molecule has 0 radical (unpaired) electrons. The average molecular weight is 158 g/mol. The normalized spacial score (nSPS) is 30.4. The molecule has 0 N–H and O–H groups in total. The van der Waals surface area contributed by atoms with E-state index in [1.807, 2.05) is 0 Å². The van der Waals surface area contributed by atoms with E-state index in [9.17, 15) is 4.79 Å². The Morgan fingerprint density at radius 2 is 2.00 bits per heavy atom. The minimum atomic E-state index is -0.209. The lowest BCUT2D eigenvalue weighted by Gasteiger charge is -2.17. The number of carbonyl (C=O) groups excluding carboxylic acids is 1. The molecule has 2 atom stereocenters. The fourth-order valence-electron chi connectivity index (χ4n) is 1.51. The molecule has 64 valence electrons. The highest BCUT2D eigenvalue weighted by molar-refractivity contribution is 5.66. The van der Waals surface area contributed by atoms with E-state index in [1.54, 1.807) is 7.11 Å². The van der Waals surface area contributed by atoms with Crippen LogP contribution in [-0.2, 0) is 14.3 Å². The topological polar surface area (TPSA) is 35.5 Å². The van der Waals surface area contributed by atoms with E-state index >= 15 is 0 Å². The van der Waals surface area contributed by atoms with Gasteiger partial charge in [-0.1, -0.05) is 0 Å². The summed E-state index contributed by atoms with van der Waals surface area (Å²) in [5.74, 6) is -0.209. The molecule has 0 aromatic rings. The van der Waals surface area contributed by atoms with Crippen molar-refractivity contribution in [2.24, 2.45) is 0 Å². The Balaban J connectivity index is 2.37. The lowest BCUT2D eigenvalue weighted by atomic mass is 10.2. The molecule has 0 spiro atoms. The molecule has 1 fully saturated rings. The van der Waals surface area contributed by atoms with Crippen LogP contribution in [0.2, 0.25) is 0 Å². The summed E-state index contributed by atoms with van der Waals surface area (Å²) in [7, 11) is 1.66. The van der Waals surface area contributed by atoms with Gasteiger partial charge in [-0.05, 0) is 19.3 Å². The number of methoxy groups -OCH3 is 1. The number of hydrogen-bond donors (Lipinski definition) is 0. The van der Waals surface area contributed by atoms with Gasteiger partial charge in [-0.3, -0.25) is 4.79 Å². The molecule has 0 aromatic carbocycles. The van der Waals surface area contributed by atoms with E-state index in [4.69, 9.17) is 9.47 Å². The van der Waals surface area contributed by atoms with Crippen molar-refractivity contribution in [3.05, 3.63) is 0 Å². The third kappa shape index (κ3) is 2.19. The molecule has 0 aromatic heterocycles. The Morgan fingerprint density at radius 1 is 1.36 bits per heavy atom. The Morgan fingerprint density at radius 3 is 2.55 bits per heavy atom. The molecular weight excluding hydrogens is 144 g/mol. The lowest BCUT2D eigenvalue weighted by molar-refractivity contribution is -0.151. The van der Waals surface area contributed by atoms with Crippen molar-refractivity contribution < 1.29 is 14.3 Å². The maximum absolute atomic E-state index is 10.6. The van der Waals surface area contributed by atoms with Crippen LogP contribution in [0.1, 0.15) is 26.2 Å². The van der Waals surface area contributed by atoms with E-state index in [0.29, 0.717) is 0 Å². The number of esters is 1. The smallest absolute Gasteiger partial charge is 0.302 e. The van der Waals surface area contributed by atoms with Gasteiger partial charge in [-0.15, -0.1) is 0 Å². The molecule has 3 heteroatoms. The number of hydrogen-bond acceptors (Lipinski definition) is 3. The quantitative estimate of drug-likeness (QED) is 0.565. The Labute approximate surface area is 66.7 Å². The van der Waals surface area contributed by atoms with E-state index in [-0.39, 0.29) is 18.2 Å². The van der Waals surface area contributed by atoms with Gasteiger partial charge in [0.05, 0.1) is 6.10 Å². The van der Waals surface area contributed by atoms with Crippen molar-refractivity contribution in [1.29, 1.82) is 0 Å². The summed E-state index contributed by atoms with van der Waals surface area (Å²) in [4.78, 5) is 10.6. The number of ether oxygens (including phenoxy) is 2. The molecular formula is C8H14O3. The van der Waals surface area contributed by atoms with Gasteiger partial charge in [0.2, 0.25) is 0 Å². The molecule has 0 amide bonds. The largest absolute Gasteiger partial charge is 0.460 e. The van der Waals surface area contributed by atoms with Crippen LogP contribution in [0.15, 0.2) is 0 Å². The van der Waals surface area contributed by atoms with Gasteiger partial charge in [-0.2, -0.15) is 0 Å². The molecule has 0 heterocycles. The Kier molecular flexibility index (Phi) is 2.88. The van der Waals surface area contributed by atoms with Crippen LogP contribution in [0.25, 0.3) is 0 Å². The Hall–Kier alpha value is -0.570. The minimum absolute atomic E-state index is 0.00231. The lowest BCUT2D eigenvalue weighted by Crippen LogP contribution is -2.26. The molecule has 11 heavy (non-hydrogen) atoms. The van der Waals surface area contributed by atoms with Gasteiger partial charge < -0.3 is 9.47 Å². The number of carbonyl (C=O) groups is 1. The minimum Gasteiger partial charge on any atom is -0.460 e. The van der Waals surface area contributed by atoms with Crippen LogP contribution in [0.4, 0.5) is 0 Å². The summed E-state index contributed by atoms with van der Waals surface area (Å²) in [6.45, 7) is 1.44. The standard InChI is InChI=1S/C8H14O3/c1-6(9)11-8-5-3-4-7(8)10-2/h7-8H,3-5H2,1-2H3/t7-,8-/m1/s1. The average Bonchev–Trinajstić information content (AvgIpc) is 2.34. The zero-order chi connectivity index (χ0) is 8.27. The fraction of sp³-hybridized carbons (Fsp3) is 0.875. The van der Waals surface area contributed by atoms with Crippen molar-refractivity contribution in [2.45, 2.75) is 38.4 Å². The first kappa shape index (κ1) is 8.53. The van der Waals surface area contributed by atoms with Crippen molar-refractivity contribution in [2.75, 3.05) is 7.11 Å². The SMILES string of the molecule is CO[C@@H]1CCC[C@H]1OC(C)=O. The van der Waals surface area contributed by atoms with Gasteiger partial charge in [0.15, 0.2) is 0 Å². The molecule has 0 bridgehead atoms. The van der Waals surface area contributed by atoms with Crippen LogP contribution in [0, 0.1) is 0 Å². The van der Waals surface area contributed by atoms with Crippen LogP contribution in [-0.4, -0.2) is 25.3 Å². The first-order valence-corrected chi connectivity index (χ1v) is 3.94. The monoisotopic (exact) mass is 158 g/mol. The second-order valence-corrected chi connectivity index (χ2v) is 2.85. The van der Waals surface area contributed by atoms with Crippen molar-refractivity contribution in [3.8, 4) is 0 Å². The molecule has 1 aliphatic carbocycles. The maximum atomic E-state index is 10.6. The van der Waals surface area contributed by atoms with Gasteiger partial charge in [0.1, 0.15) is 6.10 Å². The van der Waals surface area contributed by atoms with Crippen LogP contribution in [0.3, 0.4) is 0 Å². The van der Waals surface area contributed by atoms with Crippen LogP contribution < -0.4 is 0 Å². The van der Waals surface area contributed by atoms with Gasteiger partial charge in [0, 0.05) is 14.0 Å². The third-order valence-corrected chi connectivity index (χ3v) is 2.01. The van der Waals surface area contributed by atoms with Gasteiger partial charge >= 0.3 is 5.97 Å². The van der Waals surface area contributed by atoms with E-state index in [0.717, 1.165) is 19.3 Å². The summed E-state index contributed by atoms with van der Waals surface area (Å²) in [5, 5.41) is 0. The van der Waals surface area contributed by atoms with E-state index < -0.39 is 0 Å². The zero-order valence-corrected chi connectivity index (χ0v) is 7.00. The van der Waals surface area contributed by atoms with E-state index in [1.165, 1.54) is 6.92 Å². The van der Waals surface area contributed by atoms with Crippen LogP contribution >= 0.6 is 0 Å². The van der Waals surface area contributed by atoms with Gasteiger partial charge in [-0.25, -0.2) is 0 Å². The fourth-order valence-corrected chi connectivity index (χ4v) is 1.51. The molecule has 0 saturated heterocycles. The van der Waals surface area contributed by atoms with E-state index in [2.05, 4.69) is 0 Å². The summed E-state index contributed by atoms with van der Waals surface area (Å²) >= 11 is 0. The summed E-state index contributed by atoms with van der Waals surface area (Å²) < 4.78 is 10.2. The predicted octanol–water partition coefficient (Wildman–Crippen LogP) is 1.12. The third-order valence-electron chi connectivity index (χ3n) is 2.01. The second-order valence-electron chi connectivity index (χ2n) is 2.85. The van der Waals surface area contributed by atoms with Crippen molar-refractivity contribution in [1.82, 2.24) is 0 Å². The maximum Gasteiger partial charge on any atom is 0.302 e. The summed E-state index contributed by atoms with van der Waals surface area (Å²) in [6, 6.07) is 0. The highest BCUT2D eigenvalue weighted by Crippen LogP contribution is 2.24. The first-order valence-electron chi connectivity index (χ1n) is 3.94. The predicted molar refractivity (Wildman–Crippen MR) is 40.2 cm³/mol. The summed E-state index contributed by atoms with van der Waals surface area (Å²) in [5.41, 5.74) is 0.